The van der Waals surface area contributed by atoms with Crippen LogP contribution < -0.4 is 40.3 Å². The van der Waals surface area contributed by atoms with E-state index in [-0.39, 0.29) is 23.3 Å². The average molecular weight is 671 g/mol. The van der Waals surface area contributed by atoms with Crippen LogP contribution in [0.5, 0.6) is 23.0 Å². The fraction of sp³-hybridized carbons (Fsp3) is 0.395. The Morgan fingerprint density at radius 1 is 0.898 bits per heavy atom. The molecule has 1 aromatic heterocycles. The number of fused-ring (bicyclic) bond motifs is 4. The highest BCUT2D eigenvalue weighted by molar-refractivity contribution is 5.85. The van der Waals surface area contributed by atoms with Crippen LogP contribution in [0.3, 0.4) is 0 Å². The molecule has 4 N–H and O–H groups in total. The first-order chi connectivity index (χ1) is 23.8. The molecule has 0 saturated carbocycles. The van der Waals surface area contributed by atoms with Crippen LogP contribution in [0.1, 0.15) is 61.8 Å². The first-order valence-electron chi connectivity index (χ1n) is 16.7. The van der Waals surface area contributed by atoms with E-state index < -0.39 is 0 Å². The zero-order valence-electron chi connectivity index (χ0n) is 28.9. The quantitative estimate of drug-likeness (QED) is 0.118. The van der Waals surface area contributed by atoms with Crippen molar-refractivity contribution in [3.05, 3.63) is 75.6 Å². The molecule has 0 radical (unpaired) electrons. The topological polar surface area (TPSA) is 140 Å². The predicted molar refractivity (Wildman–Crippen MR) is 191 cm³/mol. The van der Waals surface area contributed by atoms with Crippen molar-refractivity contribution in [3.8, 4) is 34.1 Å². The van der Waals surface area contributed by atoms with E-state index in [4.69, 9.17) is 18.9 Å². The number of aromatic nitrogens is 1. The van der Waals surface area contributed by atoms with E-state index in [1.807, 2.05) is 36.5 Å². The molecule has 5 rings (SSSR count). The minimum atomic E-state index is -0.369. The highest BCUT2D eigenvalue weighted by atomic mass is 16.5. The van der Waals surface area contributed by atoms with Crippen LogP contribution in [0.4, 0.5) is 5.69 Å². The standard InChI is InChI=1S/C38H46N4O7/c1-23(43)42-31-13-10-24-19-34(47-3)37(48-4)38(49-5)36(24)27-12-15-32(33(44)21-29(27)31)39-17-8-6-7-9-35(45)40-18-16-25-22-41-30-14-11-26(46-2)20-28(25)30/h11-12,14-15,19-22,31,41H,6-10,13,16-18H2,1-5H3,(H,39,44)(H,40,45)(H,42,43)/t31-/m0/s1. The number of aromatic amines is 1. The molecular formula is C38H46N4O7. The molecule has 3 aromatic carbocycles. The summed E-state index contributed by atoms with van der Waals surface area (Å²) in [4.78, 5) is 41.5. The third-order valence-corrected chi connectivity index (χ3v) is 9.00. The van der Waals surface area contributed by atoms with Crippen molar-refractivity contribution in [2.45, 2.75) is 57.9 Å². The molecular weight excluding hydrogens is 624 g/mol. The second kappa shape index (κ2) is 16.3. The molecule has 0 aliphatic heterocycles. The van der Waals surface area contributed by atoms with Crippen molar-refractivity contribution in [1.29, 1.82) is 0 Å². The monoisotopic (exact) mass is 670 g/mol. The summed E-state index contributed by atoms with van der Waals surface area (Å²) in [5, 5.41) is 10.5. The van der Waals surface area contributed by atoms with Crippen molar-refractivity contribution in [1.82, 2.24) is 15.6 Å². The van der Waals surface area contributed by atoms with E-state index >= 15 is 0 Å². The lowest BCUT2D eigenvalue weighted by molar-refractivity contribution is -0.121. The predicted octanol–water partition coefficient (Wildman–Crippen LogP) is 5.68. The Morgan fingerprint density at radius 2 is 1.71 bits per heavy atom. The van der Waals surface area contributed by atoms with Gasteiger partial charge in [-0.1, -0.05) is 12.5 Å². The number of unbranched alkanes of at least 4 members (excludes halogenated alkanes) is 2. The van der Waals surface area contributed by atoms with Gasteiger partial charge in [-0.3, -0.25) is 14.4 Å². The average Bonchev–Trinajstić information content (AvgIpc) is 3.35. The summed E-state index contributed by atoms with van der Waals surface area (Å²) in [6, 6.07) is 12.8. The molecule has 1 atom stereocenters. The van der Waals surface area contributed by atoms with Crippen LogP contribution >= 0.6 is 0 Å². The Morgan fingerprint density at radius 3 is 2.45 bits per heavy atom. The van der Waals surface area contributed by atoms with Gasteiger partial charge in [0.25, 0.3) is 0 Å². The lowest BCUT2D eigenvalue weighted by Gasteiger charge is -2.19. The molecule has 1 aliphatic carbocycles. The smallest absolute Gasteiger partial charge is 0.220 e. The van der Waals surface area contributed by atoms with Gasteiger partial charge >= 0.3 is 0 Å². The van der Waals surface area contributed by atoms with E-state index in [1.54, 1.807) is 40.6 Å². The number of aryl methyl sites for hydroxylation is 1. The molecule has 0 unspecified atom stereocenters. The van der Waals surface area contributed by atoms with E-state index in [1.165, 1.54) is 6.92 Å². The van der Waals surface area contributed by atoms with Gasteiger partial charge < -0.3 is 39.9 Å². The number of H-pyrrole nitrogens is 1. The number of ether oxygens (including phenoxy) is 4. The van der Waals surface area contributed by atoms with Crippen LogP contribution in [-0.4, -0.2) is 58.3 Å². The minimum absolute atomic E-state index is 0.0301. The molecule has 49 heavy (non-hydrogen) atoms. The largest absolute Gasteiger partial charge is 0.497 e. The number of benzene rings is 2. The van der Waals surface area contributed by atoms with Crippen molar-refractivity contribution < 1.29 is 28.5 Å². The lowest BCUT2D eigenvalue weighted by Crippen LogP contribution is -2.26. The molecule has 260 valence electrons. The molecule has 1 aliphatic rings. The highest BCUT2D eigenvalue weighted by Crippen LogP contribution is 2.50. The Kier molecular flexibility index (Phi) is 11.7. The number of hydrogen-bond acceptors (Lipinski definition) is 8. The highest BCUT2D eigenvalue weighted by Gasteiger charge is 2.29. The van der Waals surface area contributed by atoms with Crippen molar-refractivity contribution in [3.63, 3.8) is 0 Å². The fourth-order valence-corrected chi connectivity index (χ4v) is 6.58. The number of anilines is 1. The summed E-state index contributed by atoms with van der Waals surface area (Å²) >= 11 is 0. The molecule has 1 heterocycles. The van der Waals surface area contributed by atoms with Gasteiger partial charge in [0.05, 0.1) is 40.2 Å². The number of carbonyl (C=O) groups excluding carboxylic acids is 2. The number of amides is 2. The SMILES string of the molecule is COc1ccc2[nH]cc(CCNC(=O)CCCCCNc3ccc4c(cc3=O)[C@@H](NC(C)=O)CCc3cc(OC)c(OC)c(OC)c3-4)c2c1. The fourth-order valence-electron chi connectivity index (χ4n) is 6.58. The number of methoxy groups -OCH3 is 4. The number of carbonyl (C=O) groups is 2. The summed E-state index contributed by atoms with van der Waals surface area (Å²) in [6.45, 7) is 2.62. The second-order valence-corrected chi connectivity index (χ2v) is 12.2. The number of hydrogen-bond donors (Lipinski definition) is 4. The molecule has 2 amide bonds. The van der Waals surface area contributed by atoms with Gasteiger partial charge in [0.1, 0.15) is 5.75 Å². The first kappa shape index (κ1) is 35.1. The molecule has 11 heteroatoms. The Labute approximate surface area is 286 Å². The molecule has 11 nitrogen and oxygen atoms in total. The van der Waals surface area contributed by atoms with E-state index in [9.17, 15) is 14.4 Å². The zero-order chi connectivity index (χ0) is 34.9. The van der Waals surface area contributed by atoms with Gasteiger partial charge in [-0.25, -0.2) is 0 Å². The number of nitrogens with one attached hydrogen (secondary N) is 4. The lowest BCUT2D eigenvalue weighted by atomic mass is 9.95. The van der Waals surface area contributed by atoms with Crippen LogP contribution in [0.15, 0.2) is 53.5 Å². The van der Waals surface area contributed by atoms with Crippen LogP contribution in [0.2, 0.25) is 0 Å². The maximum atomic E-state index is 13.5. The Bertz CT molecular complexity index is 1870. The zero-order valence-corrected chi connectivity index (χ0v) is 28.9. The number of rotatable bonds is 15. The van der Waals surface area contributed by atoms with E-state index in [2.05, 4.69) is 20.9 Å². The van der Waals surface area contributed by atoms with E-state index in [0.29, 0.717) is 60.9 Å². The van der Waals surface area contributed by atoms with Crippen LogP contribution in [0.25, 0.3) is 22.0 Å². The molecule has 4 aromatic rings. The second-order valence-electron chi connectivity index (χ2n) is 12.2. The summed E-state index contributed by atoms with van der Waals surface area (Å²) in [6.07, 6.45) is 6.76. The van der Waals surface area contributed by atoms with E-state index in [0.717, 1.165) is 64.6 Å². The Hall–Kier alpha value is -5.19. The van der Waals surface area contributed by atoms with Gasteiger partial charge in [-0.2, -0.15) is 0 Å². The van der Waals surface area contributed by atoms with Crippen molar-refractivity contribution in [2.75, 3.05) is 46.8 Å². The summed E-state index contributed by atoms with van der Waals surface area (Å²) in [7, 11) is 6.37. The summed E-state index contributed by atoms with van der Waals surface area (Å²) < 4.78 is 22.5. The maximum Gasteiger partial charge on any atom is 0.220 e. The summed E-state index contributed by atoms with van der Waals surface area (Å²) in [5.74, 6) is 2.18. The minimum Gasteiger partial charge on any atom is -0.497 e. The summed E-state index contributed by atoms with van der Waals surface area (Å²) in [5.41, 5.74) is 5.75. The third kappa shape index (κ3) is 8.10. The maximum absolute atomic E-state index is 13.5. The van der Waals surface area contributed by atoms with Gasteiger partial charge in [0, 0.05) is 49.1 Å². The molecule has 0 spiro atoms. The normalized spacial score (nSPS) is 13.4. The van der Waals surface area contributed by atoms with Gasteiger partial charge in [-0.15, -0.1) is 0 Å². The third-order valence-electron chi connectivity index (χ3n) is 9.00. The van der Waals surface area contributed by atoms with Gasteiger partial charge in [0.2, 0.25) is 23.0 Å². The van der Waals surface area contributed by atoms with Crippen LogP contribution in [0, 0.1) is 0 Å². The van der Waals surface area contributed by atoms with Gasteiger partial charge in [0.15, 0.2) is 11.5 Å². The van der Waals surface area contributed by atoms with Gasteiger partial charge in [-0.05, 0) is 90.8 Å². The van der Waals surface area contributed by atoms with Crippen molar-refractivity contribution in [2.24, 2.45) is 0 Å². The van der Waals surface area contributed by atoms with Crippen molar-refractivity contribution >= 4 is 28.4 Å². The molecule has 0 saturated heterocycles. The first-order valence-corrected chi connectivity index (χ1v) is 16.7. The van der Waals surface area contributed by atoms with Crippen LogP contribution in [-0.2, 0) is 22.4 Å². The molecule has 0 bridgehead atoms. The molecule has 0 fully saturated rings. The Balaban J connectivity index is 1.19.